The van der Waals surface area contributed by atoms with Gasteiger partial charge in [-0.15, -0.1) is 5.10 Å². The average molecular weight is 244 g/mol. The van der Waals surface area contributed by atoms with E-state index in [0.29, 0.717) is 5.02 Å². The molecule has 0 unspecified atom stereocenters. The Morgan fingerprint density at radius 2 is 1.88 bits per heavy atom. The fourth-order valence-corrected chi connectivity index (χ4v) is 1.89. The molecule has 0 aliphatic carbocycles. The van der Waals surface area contributed by atoms with Crippen molar-refractivity contribution in [3.05, 3.63) is 53.2 Å². The third kappa shape index (κ3) is 1.78. The summed E-state index contributed by atoms with van der Waals surface area (Å²) in [6.07, 6.45) is 1.90. The first-order chi connectivity index (χ1) is 8.24. The van der Waals surface area contributed by atoms with Gasteiger partial charge in [-0.05, 0) is 42.8 Å². The topological polar surface area (TPSA) is 30.2 Å². The van der Waals surface area contributed by atoms with Gasteiger partial charge in [0.05, 0.1) is 0 Å². The molecule has 0 aliphatic heterocycles. The molecule has 0 fully saturated rings. The Morgan fingerprint density at radius 1 is 1.12 bits per heavy atom. The second kappa shape index (κ2) is 3.86. The van der Waals surface area contributed by atoms with Crippen LogP contribution in [-0.2, 0) is 0 Å². The van der Waals surface area contributed by atoms with E-state index in [9.17, 15) is 0 Å². The lowest BCUT2D eigenvalue weighted by molar-refractivity contribution is 0.960. The zero-order chi connectivity index (χ0) is 11.8. The second-order valence-corrected chi connectivity index (χ2v) is 4.34. The highest BCUT2D eigenvalue weighted by Crippen LogP contribution is 2.19. The lowest BCUT2D eigenvalue weighted by atomic mass is 10.2. The maximum absolute atomic E-state index is 5.86. The lowest BCUT2D eigenvalue weighted by Gasteiger charge is -1.93. The number of hydrogen-bond donors (Lipinski definition) is 0. The van der Waals surface area contributed by atoms with Crippen LogP contribution in [0.2, 0.25) is 5.02 Å². The van der Waals surface area contributed by atoms with Crippen LogP contribution in [0.25, 0.3) is 17.0 Å². The van der Waals surface area contributed by atoms with Crippen molar-refractivity contribution in [2.24, 2.45) is 0 Å². The molecule has 4 heteroatoms. The molecule has 3 rings (SSSR count). The van der Waals surface area contributed by atoms with Crippen molar-refractivity contribution in [3.63, 3.8) is 0 Å². The van der Waals surface area contributed by atoms with E-state index in [-0.39, 0.29) is 0 Å². The molecule has 84 valence electrons. The molecule has 0 amide bonds. The van der Waals surface area contributed by atoms with E-state index in [2.05, 4.69) is 10.1 Å². The van der Waals surface area contributed by atoms with Crippen LogP contribution in [0, 0.1) is 6.92 Å². The van der Waals surface area contributed by atoms with E-state index in [1.807, 2.05) is 49.5 Å². The first-order valence-corrected chi connectivity index (χ1v) is 5.70. The smallest absolute Gasteiger partial charge is 0.182 e. The summed E-state index contributed by atoms with van der Waals surface area (Å²) >= 11 is 5.86. The van der Waals surface area contributed by atoms with Crippen LogP contribution in [0.15, 0.2) is 42.6 Å². The standard InChI is InChI=1S/C13H10ClN3/c1-9-3-2-8-17-13(9)15-12(16-17)10-4-6-11(14)7-5-10/h2-8H,1H3. The quantitative estimate of drug-likeness (QED) is 0.656. The fourth-order valence-electron chi connectivity index (χ4n) is 1.76. The third-order valence-electron chi connectivity index (χ3n) is 2.66. The van der Waals surface area contributed by atoms with Gasteiger partial charge in [0.2, 0.25) is 0 Å². The summed E-state index contributed by atoms with van der Waals surface area (Å²) in [7, 11) is 0. The number of pyridine rings is 1. The number of benzene rings is 1. The lowest BCUT2D eigenvalue weighted by Crippen LogP contribution is -1.87. The maximum atomic E-state index is 5.86. The number of aromatic nitrogens is 3. The Kier molecular flexibility index (Phi) is 2.34. The summed E-state index contributed by atoms with van der Waals surface area (Å²) in [5.74, 6) is 0.718. The van der Waals surface area contributed by atoms with Gasteiger partial charge < -0.3 is 0 Å². The Hall–Kier alpha value is -1.87. The zero-order valence-electron chi connectivity index (χ0n) is 9.26. The minimum atomic E-state index is 0.716. The summed E-state index contributed by atoms with van der Waals surface area (Å²) < 4.78 is 1.79. The third-order valence-corrected chi connectivity index (χ3v) is 2.91. The maximum Gasteiger partial charge on any atom is 0.182 e. The molecular weight excluding hydrogens is 234 g/mol. The molecule has 0 bridgehead atoms. The summed E-state index contributed by atoms with van der Waals surface area (Å²) in [6, 6.07) is 11.5. The van der Waals surface area contributed by atoms with Gasteiger partial charge in [-0.25, -0.2) is 9.50 Å². The van der Waals surface area contributed by atoms with E-state index >= 15 is 0 Å². The molecular formula is C13H10ClN3. The molecule has 2 heterocycles. The highest BCUT2D eigenvalue weighted by Gasteiger charge is 2.07. The first kappa shape index (κ1) is 10.3. The molecule has 17 heavy (non-hydrogen) atoms. The molecule has 0 radical (unpaired) electrons. The van der Waals surface area contributed by atoms with Gasteiger partial charge in [-0.2, -0.15) is 0 Å². The molecule has 0 saturated heterocycles. The fraction of sp³-hybridized carbons (Fsp3) is 0.0769. The van der Waals surface area contributed by atoms with Gasteiger partial charge in [0.1, 0.15) is 0 Å². The number of hydrogen-bond acceptors (Lipinski definition) is 2. The SMILES string of the molecule is Cc1cccn2nc(-c3ccc(Cl)cc3)nc12. The number of rotatable bonds is 1. The predicted molar refractivity (Wildman–Crippen MR) is 68.2 cm³/mol. The van der Waals surface area contributed by atoms with Crippen LogP contribution in [0.5, 0.6) is 0 Å². The van der Waals surface area contributed by atoms with E-state index in [1.54, 1.807) is 4.52 Å². The van der Waals surface area contributed by atoms with Gasteiger partial charge >= 0.3 is 0 Å². The van der Waals surface area contributed by atoms with E-state index in [1.165, 1.54) is 0 Å². The van der Waals surface area contributed by atoms with Gasteiger partial charge in [-0.3, -0.25) is 0 Å². The van der Waals surface area contributed by atoms with Gasteiger partial charge in [0, 0.05) is 16.8 Å². The molecule has 3 nitrogen and oxygen atoms in total. The first-order valence-electron chi connectivity index (χ1n) is 5.32. The van der Waals surface area contributed by atoms with Gasteiger partial charge in [0.15, 0.2) is 11.5 Å². The molecule has 2 aromatic heterocycles. The molecule has 0 spiro atoms. The Bertz CT molecular complexity index is 671. The largest absolute Gasteiger partial charge is 0.220 e. The molecule has 3 aromatic rings. The van der Waals surface area contributed by atoms with Gasteiger partial charge in [-0.1, -0.05) is 17.7 Å². The van der Waals surface area contributed by atoms with Gasteiger partial charge in [0.25, 0.3) is 0 Å². The minimum absolute atomic E-state index is 0.716. The summed E-state index contributed by atoms with van der Waals surface area (Å²) in [6.45, 7) is 2.02. The molecule has 0 atom stereocenters. The number of halogens is 1. The highest BCUT2D eigenvalue weighted by atomic mass is 35.5. The van der Waals surface area contributed by atoms with Crippen molar-refractivity contribution in [2.75, 3.05) is 0 Å². The van der Waals surface area contributed by atoms with Crippen molar-refractivity contribution in [1.29, 1.82) is 0 Å². The van der Waals surface area contributed by atoms with Crippen molar-refractivity contribution in [2.45, 2.75) is 6.92 Å². The van der Waals surface area contributed by atoms with Crippen LogP contribution in [0.1, 0.15) is 5.56 Å². The summed E-state index contributed by atoms with van der Waals surface area (Å²) in [5.41, 5.74) is 2.97. The van der Waals surface area contributed by atoms with E-state index < -0.39 is 0 Å². The molecule has 0 aliphatic rings. The zero-order valence-corrected chi connectivity index (χ0v) is 10.0. The van der Waals surface area contributed by atoms with E-state index in [0.717, 1.165) is 22.6 Å². The second-order valence-electron chi connectivity index (χ2n) is 3.90. The molecule has 0 saturated carbocycles. The van der Waals surface area contributed by atoms with Crippen LogP contribution >= 0.6 is 11.6 Å². The predicted octanol–water partition coefficient (Wildman–Crippen LogP) is 3.36. The van der Waals surface area contributed by atoms with Crippen molar-refractivity contribution in [3.8, 4) is 11.4 Å². The van der Waals surface area contributed by atoms with E-state index in [4.69, 9.17) is 11.6 Å². The Labute approximate surface area is 104 Å². The van der Waals surface area contributed by atoms with Crippen LogP contribution in [0.4, 0.5) is 0 Å². The monoisotopic (exact) mass is 243 g/mol. The Balaban J connectivity index is 2.18. The molecule has 0 N–H and O–H groups in total. The summed E-state index contributed by atoms with van der Waals surface area (Å²) in [5, 5.41) is 5.15. The van der Waals surface area contributed by atoms with Crippen molar-refractivity contribution in [1.82, 2.24) is 14.6 Å². The van der Waals surface area contributed by atoms with Crippen LogP contribution in [0.3, 0.4) is 0 Å². The minimum Gasteiger partial charge on any atom is -0.220 e. The number of nitrogens with zero attached hydrogens (tertiary/aromatic N) is 3. The molecule has 1 aromatic carbocycles. The Morgan fingerprint density at radius 3 is 2.59 bits per heavy atom. The number of fused-ring (bicyclic) bond motifs is 1. The highest BCUT2D eigenvalue weighted by molar-refractivity contribution is 6.30. The summed E-state index contributed by atoms with van der Waals surface area (Å²) in [4.78, 5) is 4.52. The van der Waals surface area contributed by atoms with Crippen molar-refractivity contribution >= 4 is 17.2 Å². The van der Waals surface area contributed by atoms with Crippen LogP contribution in [-0.4, -0.2) is 14.6 Å². The van der Waals surface area contributed by atoms with Crippen LogP contribution < -0.4 is 0 Å². The average Bonchev–Trinajstić information content (AvgIpc) is 2.75. The number of aryl methyl sites for hydroxylation is 1. The van der Waals surface area contributed by atoms with Crippen molar-refractivity contribution < 1.29 is 0 Å². The normalized spacial score (nSPS) is 10.9.